The average molecular weight is 443 g/mol. The van der Waals surface area contributed by atoms with E-state index in [1.165, 1.54) is 0 Å². The Morgan fingerprint density at radius 2 is 1.72 bits per heavy atom. The van der Waals surface area contributed by atoms with Crippen molar-refractivity contribution in [1.29, 1.82) is 0 Å². The fourth-order valence-corrected chi connectivity index (χ4v) is 4.01. The van der Waals surface area contributed by atoms with Crippen LogP contribution in [0.5, 0.6) is 0 Å². The normalized spacial score (nSPS) is 11.9. The van der Waals surface area contributed by atoms with Crippen LogP contribution in [0.4, 0.5) is 5.82 Å². The van der Waals surface area contributed by atoms with Crippen LogP contribution >= 0.6 is 11.6 Å². The van der Waals surface area contributed by atoms with Gasteiger partial charge in [0.2, 0.25) is 0 Å². The fraction of sp³-hybridized carbons (Fsp3) is 0.200. The average Bonchev–Trinajstić information content (AvgIpc) is 3.22. The molecule has 7 heteroatoms. The molecule has 1 N–H and O–H groups in total. The van der Waals surface area contributed by atoms with Crippen LogP contribution in [0.25, 0.3) is 39.2 Å². The first-order chi connectivity index (χ1) is 15.3. The standard InChI is InChI=1S/C25H23ClN6/c1-25(2,3)21-11-8-17(14-28-21)15-6-5-7-16(12-15)23-30-31-24-29-22(27-4)19-10-9-18(26)13-20(19)32(23)24/h5-14H,1-4H3,(H,27,29,31). The van der Waals surface area contributed by atoms with Crippen molar-refractivity contribution in [2.75, 3.05) is 12.4 Å². The van der Waals surface area contributed by atoms with Gasteiger partial charge < -0.3 is 5.32 Å². The Balaban J connectivity index is 1.66. The highest BCUT2D eigenvalue weighted by Gasteiger charge is 2.17. The van der Waals surface area contributed by atoms with Crippen LogP contribution in [0.15, 0.2) is 60.8 Å². The van der Waals surface area contributed by atoms with E-state index < -0.39 is 0 Å². The maximum Gasteiger partial charge on any atom is 0.257 e. The molecule has 0 radical (unpaired) electrons. The minimum Gasteiger partial charge on any atom is -0.372 e. The summed E-state index contributed by atoms with van der Waals surface area (Å²) in [5, 5.41) is 13.5. The quantitative estimate of drug-likeness (QED) is 0.371. The van der Waals surface area contributed by atoms with Crippen LogP contribution in [0.2, 0.25) is 5.02 Å². The third-order valence-corrected chi connectivity index (χ3v) is 5.77. The second-order valence-electron chi connectivity index (χ2n) is 8.79. The number of benzene rings is 2. The van der Waals surface area contributed by atoms with E-state index in [0.29, 0.717) is 16.6 Å². The van der Waals surface area contributed by atoms with E-state index in [1.807, 2.05) is 48.0 Å². The van der Waals surface area contributed by atoms with E-state index in [1.54, 1.807) is 0 Å². The molecule has 0 aliphatic rings. The summed E-state index contributed by atoms with van der Waals surface area (Å²) in [5.74, 6) is 1.96. The molecule has 0 fully saturated rings. The minimum atomic E-state index is 0.0162. The summed E-state index contributed by atoms with van der Waals surface area (Å²) in [5.41, 5.74) is 5.04. The molecule has 0 amide bonds. The lowest BCUT2D eigenvalue weighted by Gasteiger charge is -2.17. The molecule has 3 heterocycles. The summed E-state index contributed by atoms with van der Waals surface area (Å²) in [6.07, 6.45) is 1.93. The van der Waals surface area contributed by atoms with E-state index in [4.69, 9.17) is 11.6 Å². The molecule has 0 saturated heterocycles. The van der Waals surface area contributed by atoms with Gasteiger partial charge in [-0.15, -0.1) is 10.2 Å². The first-order valence-electron chi connectivity index (χ1n) is 10.4. The smallest absolute Gasteiger partial charge is 0.257 e. The molecule has 0 aliphatic carbocycles. The Morgan fingerprint density at radius 3 is 2.44 bits per heavy atom. The molecule has 0 bridgehead atoms. The van der Waals surface area contributed by atoms with Crippen molar-refractivity contribution in [2.24, 2.45) is 0 Å². The highest BCUT2D eigenvalue weighted by Crippen LogP contribution is 2.31. The molecule has 5 rings (SSSR count). The summed E-state index contributed by atoms with van der Waals surface area (Å²) in [7, 11) is 1.84. The second-order valence-corrected chi connectivity index (χ2v) is 9.23. The molecule has 2 aromatic carbocycles. The molecule has 32 heavy (non-hydrogen) atoms. The number of nitrogens with one attached hydrogen (secondary N) is 1. The highest BCUT2D eigenvalue weighted by atomic mass is 35.5. The number of aromatic nitrogens is 5. The van der Waals surface area contributed by atoms with Crippen LogP contribution < -0.4 is 5.32 Å². The van der Waals surface area contributed by atoms with Gasteiger partial charge in [0.1, 0.15) is 5.82 Å². The zero-order valence-corrected chi connectivity index (χ0v) is 19.1. The summed E-state index contributed by atoms with van der Waals surface area (Å²) < 4.78 is 1.95. The van der Waals surface area contributed by atoms with Gasteiger partial charge in [-0.05, 0) is 35.9 Å². The van der Waals surface area contributed by atoms with Gasteiger partial charge in [-0.1, -0.05) is 56.6 Å². The molecular weight excluding hydrogens is 420 g/mol. The maximum atomic E-state index is 6.33. The van der Waals surface area contributed by atoms with Crippen LogP contribution in [0.3, 0.4) is 0 Å². The molecule has 160 valence electrons. The fourth-order valence-electron chi connectivity index (χ4n) is 3.84. The van der Waals surface area contributed by atoms with E-state index >= 15 is 0 Å². The van der Waals surface area contributed by atoms with Gasteiger partial charge in [-0.25, -0.2) is 0 Å². The number of hydrogen-bond acceptors (Lipinski definition) is 5. The summed E-state index contributed by atoms with van der Waals surface area (Å²) in [6.45, 7) is 6.49. The van der Waals surface area contributed by atoms with Crippen molar-refractivity contribution in [1.82, 2.24) is 24.6 Å². The molecule has 0 atom stereocenters. The number of halogens is 1. The molecular formula is C25H23ClN6. The van der Waals surface area contributed by atoms with Gasteiger partial charge in [0.25, 0.3) is 5.78 Å². The Labute approximate surface area is 191 Å². The second kappa shape index (κ2) is 7.57. The largest absolute Gasteiger partial charge is 0.372 e. The maximum absolute atomic E-state index is 6.33. The van der Waals surface area contributed by atoms with Crippen LogP contribution in [0, 0.1) is 0 Å². The monoisotopic (exact) mass is 442 g/mol. The van der Waals surface area contributed by atoms with Crippen molar-refractivity contribution in [3.05, 3.63) is 71.5 Å². The Bertz CT molecular complexity index is 1450. The molecule has 6 nitrogen and oxygen atoms in total. The van der Waals surface area contributed by atoms with Crippen molar-refractivity contribution >= 4 is 34.1 Å². The Hall–Kier alpha value is -3.51. The van der Waals surface area contributed by atoms with Gasteiger partial charge in [0.05, 0.1) is 5.52 Å². The molecule has 5 aromatic rings. The van der Waals surface area contributed by atoms with Gasteiger partial charge >= 0.3 is 0 Å². The number of nitrogens with zero attached hydrogens (tertiary/aromatic N) is 5. The third kappa shape index (κ3) is 3.46. The van der Waals surface area contributed by atoms with Crippen molar-refractivity contribution in [3.63, 3.8) is 0 Å². The van der Waals surface area contributed by atoms with Crippen LogP contribution in [0.1, 0.15) is 26.5 Å². The van der Waals surface area contributed by atoms with Gasteiger partial charge in [-0.3, -0.25) is 9.38 Å². The Morgan fingerprint density at radius 1 is 0.906 bits per heavy atom. The third-order valence-electron chi connectivity index (χ3n) is 5.54. The zero-order chi connectivity index (χ0) is 22.5. The van der Waals surface area contributed by atoms with E-state index in [-0.39, 0.29) is 5.41 Å². The van der Waals surface area contributed by atoms with E-state index in [2.05, 4.69) is 70.5 Å². The number of hydrogen-bond donors (Lipinski definition) is 1. The lowest BCUT2D eigenvalue weighted by molar-refractivity contribution is 0.569. The number of pyridine rings is 1. The van der Waals surface area contributed by atoms with Crippen molar-refractivity contribution in [3.8, 4) is 22.5 Å². The molecule has 0 aliphatic heterocycles. The summed E-state index contributed by atoms with van der Waals surface area (Å²) in [4.78, 5) is 9.31. The van der Waals surface area contributed by atoms with Gasteiger partial charge in [0.15, 0.2) is 5.82 Å². The molecule has 0 unspecified atom stereocenters. The predicted octanol–water partition coefficient (Wildman–Crippen LogP) is 6.00. The van der Waals surface area contributed by atoms with Crippen LogP contribution in [-0.2, 0) is 5.41 Å². The lowest BCUT2D eigenvalue weighted by Crippen LogP contribution is -2.12. The van der Waals surface area contributed by atoms with Crippen LogP contribution in [-0.4, -0.2) is 31.6 Å². The topological polar surface area (TPSA) is 68.0 Å². The van der Waals surface area contributed by atoms with Crippen molar-refractivity contribution < 1.29 is 0 Å². The van der Waals surface area contributed by atoms with Gasteiger partial charge in [-0.2, -0.15) is 4.98 Å². The molecule has 3 aromatic heterocycles. The minimum absolute atomic E-state index is 0.0162. The number of fused-ring (bicyclic) bond motifs is 3. The predicted molar refractivity (Wildman–Crippen MR) is 130 cm³/mol. The van der Waals surface area contributed by atoms with Gasteiger partial charge in [0, 0.05) is 45.9 Å². The first-order valence-corrected chi connectivity index (χ1v) is 10.8. The number of anilines is 1. The number of rotatable bonds is 3. The van der Waals surface area contributed by atoms with E-state index in [9.17, 15) is 0 Å². The summed E-state index contributed by atoms with van der Waals surface area (Å²) >= 11 is 6.33. The summed E-state index contributed by atoms with van der Waals surface area (Å²) in [6, 6.07) is 18.2. The SMILES string of the molecule is CNc1nc2nnc(-c3cccc(-c4ccc(C(C)(C)C)nc4)c3)n2c2cc(Cl)ccc12. The van der Waals surface area contributed by atoms with E-state index in [0.717, 1.165) is 39.1 Å². The zero-order valence-electron chi connectivity index (χ0n) is 18.4. The lowest BCUT2D eigenvalue weighted by atomic mass is 9.91. The highest BCUT2D eigenvalue weighted by molar-refractivity contribution is 6.31. The molecule has 0 saturated carbocycles. The Kier molecular flexibility index (Phi) is 4.82. The molecule has 0 spiro atoms. The first kappa shape index (κ1) is 20.4. The van der Waals surface area contributed by atoms with Crippen molar-refractivity contribution in [2.45, 2.75) is 26.2 Å².